The van der Waals surface area contributed by atoms with E-state index in [1.165, 1.54) is 51.7 Å². The molecular formula is C20H30N2O3. The third-order valence-corrected chi connectivity index (χ3v) is 6.79. The van der Waals surface area contributed by atoms with Gasteiger partial charge in [0.15, 0.2) is 5.76 Å². The van der Waals surface area contributed by atoms with Crippen LogP contribution in [0.1, 0.15) is 42.7 Å². The number of furan rings is 1. The van der Waals surface area contributed by atoms with E-state index in [0.717, 1.165) is 25.6 Å². The van der Waals surface area contributed by atoms with E-state index in [-0.39, 0.29) is 11.3 Å². The van der Waals surface area contributed by atoms with E-state index in [1.807, 2.05) is 4.90 Å². The van der Waals surface area contributed by atoms with Gasteiger partial charge in [0.25, 0.3) is 5.91 Å². The minimum absolute atomic E-state index is 0.0277. The van der Waals surface area contributed by atoms with Crippen LogP contribution in [0, 0.1) is 17.3 Å². The molecule has 2 aliphatic heterocycles. The number of hydrogen-bond donors (Lipinski definition) is 0. The minimum Gasteiger partial charge on any atom is -0.459 e. The van der Waals surface area contributed by atoms with Gasteiger partial charge in [-0.15, -0.1) is 0 Å². The van der Waals surface area contributed by atoms with Gasteiger partial charge in [-0.05, 0) is 62.2 Å². The lowest BCUT2D eigenvalue weighted by Crippen LogP contribution is -2.47. The number of likely N-dealkylation sites (tertiary alicyclic amines) is 2. The summed E-state index contributed by atoms with van der Waals surface area (Å²) in [5.74, 6) is 1.85. The van der Waals surface area contributed by atoms with Gasteiger partial charge in [-0.25, -0.2) is 0 Å². The summed E-state index contributed by atoms with van der Waals surface area (Å²) >= 11 is 0. The standard InChI is InChI=1S/C20H30N2O3/c1-24-14-17-13-22(19(23)18-6-3-11-25-18)15-20(17)7-9-21(10-8-20)12-16-4-2-5-16/h3,6,11,16-17H,2,4-5,7-10,12-15H2,1H3/t17-/m1/s1. The Morgan fingerprint density at radius 2 is 2.16 bits per heavy atom. The molecule has 3 aliphatic rings. The highest BCUT2D eigenvalue weighted by Crippen LogP contribution is 2.45. The fourth-order valence-electron chi connectivity index (χ4n) is 4.96. The average Bonchev–Trinajstić information content (AvgIpc) is 3.22. The van der Waals surface area contributed by atoms with Crippen molar-refractivity contribution in [2.45, 2.75) is 32.1 Å². The van der Waals surface area contributed by atoms with Gasteiger partial charge in [-0.2, -0.15) is 0 Å². The largest absolute Gasteiger partial charge is 0.459 e. The molecule has 1 atom stereocenters. The molecule has 0 N–H and O–H groups in total. The number of amides is 1. The zero-order chi connectivity index (χ0) is 17.3. The third-order valence-electron chi connectivity index (χ3n) is 6.79. The number of rotatable bonds is 5. The average molecular weight is 346 g/mol. The van der Waals surface area contributed by atoms with Crippen molar-refractivity contribution in [3.63, 3.8) is 0 Å². The fourth-order valence-corrected chi connectivity index (χ4v) is 4.96. The molecule has 1 amide bonds. The highest BCUT2D eigenvalue weighted by atomic mass is 16.5. The van der Waals surface area contributed by atoms with Crippen LogP contribution in [0.3, 0.4) is 0 Å². The molecule has 1 spiro atoms. The van der Waals surface area contributed by atoms with Gasteiger partial charge in [-0.1, -0.05) is 6.42 Å². The smallest absolute Gasteiger partial charge is 0.289 e. The van der Waals surface area contributed by atoms with Crippen molar-refractivity contribution in [1.29, 1.82) is 0 Å². The molecule has 4 rings (SSSR count). The van der Waals surface area contributed by atoms with Crippen LogP contribution < -0.4 is 0 Å². The molecule has 0 unspecified atom stereocenters. The van der Waals surface area contributed by atoms with Gasteiger partial charge in [0.2, 0.25) is 0 Å². The monoisotopic (exact) mass is 346 g/mol. The number of methoxy groups -OCH3 is 1. The lowest BCUT2D eigenvalue weighted by atomic mass is 9.71. The molecule has 3 heterocycles. The molecule has 0 aromatic carbocycles. The summed E-state index contributed by atoms with van der Waals surface area (Å²) < 4.78 is 10.8. The molecule has 25 heavy (non-hydrogen) atoms. The Morgan fingerprint density at radius 3 is 2.76 bits per heavy atom. The Bertz CT molecular complexity index is 574. The van der Waals surface area contributed by atoms with Gasteiger partial charge in [0.05, 0.1) is 12.9 Å². The summed E-state index contributed by atoms with van der Waals surface area (Å²) in [7, 11) is 1.77. The molecule has 0 bridgehead atoms. The van der Waals surface area contributed by atoms with Crippen molar-refractivity contribution in [2.75, 3.05) is 46.4 Å². The first kappa shape index (κ1) is 17.1. The van der Waals surface area contributed by atoms with Crippen LogP contribution in [0.5, 0.6) is 0 Å². The zero-order valence-corrected chi connectivity index (χ0v) is 15.3. The van der Waals surface area contributed by atoms with Crippen molar-refractivity contribution < 1.29 is 13.9 Å². The maximum absolute atomic E-state index is 12.7. The van der Waals surface area contributed by atoms with Crippen molar-refractivity contribution in [3.8, 4) is 0 Å². The van der Waals surface area contributed by atoms with E-state index in [1.54, 1.807) is 25.5 Å². The highest BCUT2D eigenvalue weighted by molar-refractivity contribution is 5.91. The van der Waals surface area contributed by atoms with Gasteiger partial charge in [0, 0.05) is 32.7 Å². The molecule has 1 aromatic rings. The molecule has 5 nitrogen and oxygen atoms in total. The Kier molecular flexibility index (Phi) is 4.87. The minimum atomic E-state index is 0.0277. The predicted molar refractivity (Wildman–Crippen MR) is 95.4 cm³/mol. The summed E-state index contributed by atoms with van der Waals surface area (Å²) in [6, 6.07) is 3.55. The maximum atomic E-state index is 12.7. The number of nitrogens with zero attached hydrogens (tertiary/aromatic N) is 2. The van der Waals surface area contributed by atoms with Gasteiger partial charge in [-0.3, -0.25) is 4.79 Å². The van der Waals surface area contributed by atoms with Gasteiger partial charge in [0.1, 0.15) is 0 Å². The van der Waals surface area contributed by atoms with E-state index in [0.29, 0.717) is 11.7 Å². The van der Waals surface area contributed by atoms with E-state index in [9.17, 15) is 4.79 Å². The second-order valence-electron chi connectivity index (χ2n) is 8.28. The molecular weight excluding hydrogens is 316 g/mol. The zero-order valence-electron chi connectivity index (χ0n) is 15.3. The Hall–Kier alpha value is -1.33. The first-order valence-corrected chi connectivity index (χ1v) is 9.74. The fraction of sp³-hybridized carbons (Fsp3) is 0.750. The van der Waals surface area contributed by atoms with E-state index in [4.69, 9.17) is 9.15 Å². The summed E-state index contributed by atoms with van der Waals surface area (Å²) in [4.78, 5) is 17.4. The van der Waals surface area contributed by atoms with Crippen LogP contribution in [0.15, 0.2) is 22.8 Å². The van der Waals surface area contributed by atoms with Crippen molar-refractivity contribution >= 4 is 5.91 Å². The topological polar surface area (TPSA) is 45.9 Å². The van der Waals surface area contributed by atoms with Crippen LogP contribution in [0.25, 0.3) is 0 Å². The first-order valence-electron chi connectivity index (χ1n) is 9.74. The maximum Gasteiger partial charge on any atom is 0.289 e. The van der Waals surface area contributed by atoms with Gasteiger partial charge < -0.3 is 19.0 Å². The second kappa shape index (κ2) is 7.12. The van der Waals surface area contributed by atoms with Crippen LogP contribution >= 0.6 is 0 Å². The van der Waals surface area contributed by atoms with E-state index >= 15 is 0 Å². The number of hydrogen-bond acceptors (Lipinski definition) is 4. The molecule has 138 valence electrons. The highest BCUT2D eigenvalue weighted by Gasteiger charge is 2.49. The lowest BCUT2D eigenvalue weighted by molar-refractivity contribution is 0.0279. The molecule has 1 aromatic heterocycles. The molecule has 1 aliphatic carbocycles. The molecule has 2 saturated heterocycles. The SMILES string of the molecule is COC[C@H]1CN(C(=O)c2ccco2)CC12CCN(CC1CCC1)CC2. The number of ether oxygens (including phenoxy) is 1. The lowest BCUT2D eigenvalue weighted by Gasteiger charge is -2.44. The molecule has 0 radical (unpaired) electrons. The number of carbonyl (C=O) groups excluding carboxylic acids is 1. The van der Waals surface area contributed by atoms with Crippen molar-refractivity contribution in [3.05, 3.63) is 24.2 Å². The summed E-state index contributed by atoms with van der Waals surface area (Å²) in [6.07, 6.45) is 8.18. The Morgan fingerprint density at radius 1 is 1.36 bits per heavy atom. The third kappa shape index (κ3) is 3.36. The second-order valence-corrected chi connectivity index (χ2v) is 8.28. The van der Waals surface area contributed by atoms with Crippen molar-refractivity contribution in [2.24, 2.45) is 17.3 Å². The van der Waals surface area contributed by atoms with E-state index in [2.05, 4.69) is 4.90 Å². The first-order chi connectivity index (χ1) is 12.2. The van der Waals surface area contributed by atoms with Crippen molar-refractivity contribution in [1.82, 2.24) is 9.80 Å². The number of piperidine rings is 1. The summed E-state index contributed by atoms with van der Waals surface area (Å²) in [5, 5.41) is 0. The predicted octanol–water partition coefficient (Wildman–Crippen LogP) is 2.88. The van der Waals surface area contributed by atoms with Gasteiger partial charge >= 0.3 is 0 Å². The molecule has 5 heteroatoms. The molecule has 1 saturated carbocycles. The number of carbonyl (C=O) groups is 1. The van der Waals surface area contributed by atoms with Crippen LogP contribution in [0.4, 0.5) is 0 Å². The summed E-state index contributed by atoms with van der Waals surface area (Å²) in [6.45, 7) is 5.98. The van der Waals surface area contributed by atoms with Crippen LogP contribution in [-0.4, -0.2) is 62.1 Å². The van der Waals surface area contributed by atoms with Crippen LogP contribution in [-0.2, 0) is 4.74 Å². The van der Waals surface area contributed by atoms with Crippen LogP contribution in [0.2, 0.25) is 0 Å². The normalized spacial score (nSPS) is 26.9. The van der Waals surface area contributed by atoms with E-state index < -0.39 is 0 Å². The quantitative estimate of drug-likeness (QED) is 0.822. The molecule has 3 fully saturated rings. The Labute approximate surface area is 150 Å². The summed E-state index contributed by atoms with van der Waals surface area (Å²) in [5.41, 5.74) is 0.217. The Balaban J connectivity index is 1.41.